The smallest absolute Gasteiger partial charge is 0.137 e. The van der Waals surface area contributed by atoms with Gasteiger partial charge in [0.25, 0.3) is 0 Å². The van der Waals surface area contributed by atoms with Crippen molar-refractivity contribution in [1.82, 2.24) is 4.90 Å². The molecule has 0 N–H and O–H groups in total. The molecule has 0 aliphatic heterocycles. The van der Waals surface area contributed by atoms with Gasteiger partial charge in [0, 0.05) is 18.9 Å². The minimum absolute atomic E-state index is 0.249. The van der Waals surface area contributed by atoms with E-state index >= 15 is 0 Å². The Kier molecular flexibility index (Phi) is 4.76. The highest BCUT2D eigenvalue weighted by Crippen LogP contribution is 2.29. The van der Waals surface area contributed by atoms with Crippen molar-refractivity contribution in [3.63, 3.8) is 0 Å². The van der Waals surface area contributed by atoms with Crippen molar-refractivity contribution < 1.29 is 4.79 Å². The molecule has 0 aromatic heterocycles. The van der Waals surface area contributed by atoms with Crippen molar-refractivity contribution in [1.29, 1.82) is 0 Å². The lowest BCUT2D eigenvalue weighted by molar-refractivity contribution is -0.126. The standard InChI is InChI=1S/C17H25NO/c1-13-4-6-14(7-5-13)10-15-8-9-17(19)16(11-15)12-18(2)3/h4-7,15-16H,8-12H2,1-3H3. The number of rotatable bonds is 4. The van der Waals surface area contributed by atoms with Crippen molar-refractivity contribution >= 4 is 5.78 Å². The summed E-state index contributed by atoms with van der Waals surface area (Å²) in [5.41, 5.74) is 2.72. The Hall–Kier alpha value is -1.15. The zero-order valence-electron chi connectivity index (χ0n) is 12.4. The van der Waals surface area contributed by atoms with E-state index in [-0.39, 0.29) is 5.92 Å². The van der Waals surface area contributed by atoms with Gasteiger partial charge in [0.05, 0.1) is 0 Å². The first kappa shape index (κ1) is 14.3. The van der Waals surface area contributed by atoms with Gasteiger partial charge in [-0.3, -0.25) is 4.79 Å². The van der Waals surface area contributed by atoms with Crippen LogP contribution in [0.4, 0.5) is 0 Å². The second kappa shape index (κ2) is 6.33. The van der Waals surface area contributed by atoms with E-state index in [0.717, 1.165) is 32.2 Å². The van der Waals surface area contributed by atoms with Crippen LogP contribution in [0.3, 0.4) is 0 Å². The van der Waals surface area contributed by atoms with Gasteiger partial charge in [-0.25, -0.2) is 0 Å². The van der Waals surface area contributed by atoms with Crippen molar-refractivity contribution in [2.45, 2.75) is 32.6 Å². The summed E-state index contributed by atoms with van der Waals surface area (Å²) in [6, 6.07) is 8.82. The zero-order valence-corrected chi connectivity index (χ0v) is 12.4. The number of aryl methyl sites for hydroxylation is 1. The van der Waals surface area contributed by atoms with Crippen LogP contribution >= 0.6 is 0 Å². The zero-order chi connectivity index (χ0) is 13.8. The Balaban J connectivity index is 1.94. The maximum atomic E-state index is 11.9. The van der Waals surface area contributed by atoms with Crippen LogP contribution in [0.25, 0.3) is 0 Å². The topological polar surface area (TPSA) is 20.3 Å². The summed E-state index contributed by atoms with van der Waals surface area (Å²) in [5.74, 6) is 1.39. The van der Waals surface area contributed by atoms with Gasteiger partial charge in [0.1, 0.15) is 5.78 Å². The number of benzene rings is 1. The molecule has 1 aromatic rings. The molecular formula is C17H25NO. The fourth-order valence-corrected chi connectivity index (χ4v) is 3.06. The van der Waals surface area contributed by atoms with Crippen LogP contribution < -0.4 is 0 Å². The fraction of sp³-hybridized carbons (Fsp3) is 0.588. The van der Waals surface area contributed by atoms with E-state index in [1.807, 2.05) is 0 Å². The van der Waals surface area contributed by atoms with Gasteiger partial charge in [0.15, 0.2) is 0 Å². The molecule has 1 saturated carbocycles. The lowest BCUT2D eigenvalue weighted by Gasteiger charge is -2.30. The molecule has 19 heavy (non-hydrogen) atoms. The second-order valence-corrected chi connectivity index (χ2v) is 6.26. The molecule has 0 radical (unpaired) electrons. The van der Waals surface area contributed by atoms with Crippen LogP contribution in [0.5, 0.6) is 0 Å². The van der Waals surface area contributed by atoms with Crippen LogP contribution in [0.1, 0.15) is 30.4 Å². The van der Waals surface area contributed by atoms with E-state index in [1.165, 1.54) is 11.1 Å². The van der Waals surface area contributed by atoms with Gasteiger partial charge in [-0.2, -0.15) is 0 Å². The Bertz CT molecular complexity index is 421. The molecule has 2 atom stereocenters. The van der Waals surface area contributed by atoms with E-state index in [4.69, 9.17) is 0 Å². The molecule has 1 fully saturated rings. The molecule has 0 heterocycles. The molecule has 1 aliphatic rings. The number of hydrogen-bond donors (Lipinski definition) is 0. The lowest BCUT2D eigenvalue weighted by atomic mass is 9.77. The van der Waals surface area contributed by atoms with Gasteiger partial charge in [-0.15, -0.1) is 0 Å². The summed E-state index contributed by atoms with van der Waals surface area (Å²) in [4.78, 5) is 14.1. The normalized spacial score (nSPS) is 23.9. The summed E-state index contributed by atoms with van der Waals surface area (Å²) in [6.07, 6.45) is 4.02. The summed E-state index contributed by atoms with van der Waals surface area (Å²) < 4.78 is 0. The maximum absolute atomic E-state index is 11.9. The lowest BCUT2D eigenvalue weighted by Crippen LogP contribution is -2.33. The second-order valence-electron chi connectivity index (χ2n) is 6.26. The Morgan fingerprint density at radius 3 is 2.53 bits per heavy atom. The molecule has 104 valence electrons. The Labute approximate surface area is 116 Å². The minimum Gasteiger partial charge on any atom is -0.309 e. The summed E-state index contributed by atoms with van der Waals surface area (Å²) in [7, 11) is 4.10. The van der Waals surface area contributed by atoms with E-state index < -0.39 is 0 Å². The average Bonchev–Trinajstić information content (AvgIpc) is 2.36. The molecular weight excluding hydrogens is 234 g/mol. The first-order valence-corrected chi connectivity index (χ1v) is 7.27. The first-order chi connectivity index (χ1) is 9.04. The van der Waals surface area contributed by atoms with E-state index in [1.54, 1.807) is 0 Å². The van der Waals surface area contributed by atoms with Crippen molar-refractivity contribution in [2.75, 3.05) is 20.6 Å². The number of nitrogens with zero attached hydrogens (tertiary/aromatic N) is 1. The number of carbonyl (C=O) groups excluding carboxylic acids is 1. The third-order valence-corrected chi connectivity index (χ3v) is 4.10. The van der Waals surface area contributed by atoms with Crippen LogP contribution in [-0.4, -0.2) is 31.3 Å². The predicted molar refractivity (Wildman–Crippen MR) is 79.3 cm³/mol. The van der Waals surface area contributed by atoms with Crippen molar-refractivity contribution in [2.24, 2.45) is 11.8 Å². The molecule has 0 saturated heterocycles. The molecule has 1 aromatic carbocycles. The molecule has 2 unspecified atom stereocenters. The molecule has 2 heteroatoms. The number of hydrogen-bond acceptors (Lipinski definition) is 2. The Morgan fingerprint density at radius 2 is 1.89 bits per heavy atom. The van der Waals surface area contributed by atoms with Gasteiger partial charge >= 0.3 is 0 Å². The number of carbonyl (C=O) groups is 1. The van der Waals surface area contributed by atoms with Gasteiger partial charge < -0.3 is 4.90 Å². The SMILES string of the molecule is Cc1ccc(CC2CCC(=O)C(CN(C)C)C2)cc1. The van der Waals surface area contributed by atoms with E-state index in [9.17, 15) is 4.79 Å². The fourth-order valence-electron chi connectivity index (χ4n) is 3.06. The Morgan fingerprint density at radius 1 is 1.21 bits per heavy atom. The summed E-state index contributed by atoms with van der Waals surface area (Å²) >= 11 is 0. The highest BCUT2D eigenvalue weighted by atomic mass is 16.1. The van der Waals surface area contributed by atoms with E-state index in [2.05, 4.69) is 50.2 Å². The first-order valence-electron chi connectivity index (χ1n) is 7.27. The number of ketones is 1. The van der Waals surface area contributed by atoms with Crippen molar-refractivity contribution in [3.05, 3.63) is 35.4 Å². The van der Waals surface area contributed by atoms with Gasteiger partial charge in [-0.05, 0) is 51.8 Å². The van der Waals surface area contributed by atoms with Crippen LogP contribution in [0.2, 0.25) is 0 Å². The molecule has 1 aliphatic carbocycles. The van der Waals surface area contributed by atoms with Crippen LogP contribution in [0, 0.1) is 18.8 Å². The molecule has 0 spiro atoms. The largest absolute Gasteiger partial charge is 0.309 e. The van der Waals surface area contributed by atoms with E-state index in [0.29, 0.717) is 11.7 Å². The molecule has 0 amide bonds. The summed E-state index contributed by atoms with van der Waals surface area (Å²) in [6.45, 7) is 3.03. The quantitative estimate of drug-likeness (QED) is 0.828. The van der Waals surface area contributed by atoms with Gasteiger partial charge in [-0.1, -0.05) is 29.8 Å². The highest BCUT2D eigenvalue weighted by Gasteiger charge is 2.28. The van der Waals surface area contributed by atoms with Crippen molar-refractivity contribution in [3.8, 4) is 0 Å². The average molecular weight is 259 g/mol. The highest BCUT2D eigenvalue weighted by molar-refractivity contribution is 5.82. The molecule has 2 rings (SSSR count). The van der Waals surface area contributed by atoms with Crippen LogP contribution in [0.15, 0.2) is 24.3 Å². The third kappa shape index (κ3) is 4.17. The predicted octanol–water partition coefficient (Wildman–Crippen LogP) is 3.08. The third-order valence-electron chi connectivity index (χ3n) is 4.10. The molecule has 2 nitrogen and oxygen atoms in total. The number of Topliss-reactive ketones (excluding diaryl/α,β-unsaturated/α-hetero) is 1. The minimum atomic E-state index is 0.249. The maximum Gasteiger partial charge on any atom is 0.137 e. The van der Waals surface area contributed by atoms with Gasteiger partial charge in [0.2, 0.25) is 0 Å². The monoisotopic (exact) mass is 259 g/mol. The van der Waals surface area contributed by atoms with Crippen LogP contribution in [-0.2, 0) is 11.2 Å². The molecule has 0 bridgehead atoms. The summed E-state index contributed by atoms with van der Waals surface area (Å²) in [5, 5.41) is 0.